The van der Waals surface area contributed by atoms with Gasteiger partial charge in [0.05, 0.1) is 19.8 Å². The highest BCUT2D eigenvalue weighted by Crippen LogP contribution is 2.19. The summed E-state index contributed by atoms with van der Waals surface area (Å²) in [4.78, 5) is 14.0. The van der Waals surface area contributed by atoms with E-state index >= 15 is 0 Å². The number of benzene rings is 1. The molecular formula is C13H17BrN2O2. The van der Waals surface area contributed by atoms with E-state index in [1.165, 1.54) is 0 Å². The number of nitrogens with zero attached hydrogens (tertiary/aromatic N) is 1. The summed E-state index contributed by atoms with van der Waals surface area (Å²) < 4.78 is 6.27. The van der Waals surface area contributed by atoms with E-state index < -0.39 is 0 Å². The van der Waals surface area contributed by atoms with Crippen LogP contribution in [0.5, 0.6) is 0 Å². The summed E-state index contributed by atoms with van der Waals surface area (Å²) in [5.74, 6) is 0.0299. The maximum Gasteiger partial charge on any atom is 0.238 e. The van der Waals surface area contributed by atoms with Crippen molar-refractivity contribution < 1.29 is 9.53 Å². The molecule has 1 saturated heterocycles. The van der Waals surface area contributed by atoms with Gasteiger partial charge in [0.2, 0.25) is 5.91 Å². The molecule has 0 radical (unpaired) electrons. The molecule has 1 N–H and O–H groups in total. The van der Waals surface area contributed by atoms with Crippen molar-refractivity contribution in [2.75, 3.05) is 38.2 Å². The number of amides is 1. The van der Waals surface area contributed by atoms with Crippen molar-refractivity contribution in [1.82, 2.24) is 4.90 Å². The molecule has 1 heterocycles. The van der Waals surface area contributed by atoms with Crippen LogP contribution in [0.3, 0.4) is 0 Å². The molecule has 1 amide bonds. The zero-order valence-corrected chi connectivity index (χ0v) is 12.0. The van der Waals surface area contributed by atoms with E-state index in [4.69, 9.17) is 4.74 Å². The van der Waals surface area contributed by atoms with Crippen molar-refractivity contribution >= 4 is 27.5 Å². The number of carbonyl (C=O) groups is 1. The number of hydrogen-bond donors (Lipinski definition) is 1. The first-order valence-corrected chi connectivity index (χ1v) is 6.80. The average Bonchev–Trinajstić information content (AvgIpc) is 2.34. The minimum absolute atomic E-state index is 0.0299. The summed E-state index contributed by atoms with van der Waals surface area (Å²) in [6, 6.07) is 5.83. The summed E-state index contributed by atoms with van der Waals surface area (Å²) >= 11 is 3.41. The normalized spacial score (nSPS) is 16.6. The lowest BCUT2D eigenvalue weighted by atomic mass is 10.2. The van der Waals surface area contributed by atoms with Gasteiger partial charge in [0.1, 0.15) is 0 Å². The number of morpholine rings is 1. The fraction of sp³-hybridized carbons (Fsp3) is 0.462. The second-order valence-corrected chi connectivity index (χ2v) is 5.31. The second-order valence-electron chi connectivity index (χ2n) is 4.40. The minimum Gasteiger partial charge on any atom is -0.379 e. The molecule has 0 aromatic heterocycles. The molecule has 1 fully saturated rings. The first-order valence-electron chi connectivity index (χ1n) is 6.01. The van der Waals surface area contributed by atoms with Gasteiger partial charge in [-0.15, -0.1) is 0 Å². The number of hydrogen-bond acceptors (Lipinski definition) is 3. The van der Waals surface area contributed by atoms with Crippen LogP contribution in [0.1, 0.15) is 5.56 Å². The maximum atomic E-state index is 11.9. The predicted octanol–water partition coefficient (Wildman–Crippen LogP) is 2.03. The SMILES string of the molecule is Cc1cc(Br)ccc1NC(=O)CN1CCOCC1. The van der Waals surface area contributed by atoms with Crippen LogP contribution < -0.4 is 5.32 Å². The van der Waals surface area contributed by atoms with Crippen LogP contribution >= 0.6 is 15.9 Å². The van der Waals surface area contributed by atoms with Crippen LogP contribution in [-0.2, 0) is 9.53 Å². The van der Waals surface area contributed by atoms with Gasteiger partial charge in [-0.1, -0.05) is 15.9 Å². The Labute approximate surface area is 115 Å². The summed E-state index contributed by atoms with van der Waals surface area (Å²) in [6.45, 7) is 5.49. The van der Waals surface area contributed by atoms with Crippen LogP contribution in [0, 0.1) is 6.92 Å². The molecule has 0 unspecified atom stereocenters. The molecular weight excluding hydrogens is 296 g/mol. The first-order chi connectivity index (χ1) is 8.65. The Hall–Kier alpha value is -0.910. The average molecular weight is 313 g/mol. The van der Waals surface area contributed by atoms with Gasteiger partial charge >= 0.3 is 0 Å². The first kappa shape index (κ1) is 13.5. The van der Waals surface area contributed by atoms with Crippen LogP contribution in [0.4, 0.5) is 5.69 Å². The number of carbonyl (C=O) groups excluding carboxylic acids is 1. The topological polar surface area (TPSA) is 41.6 Å². The molecule has 4 nitrogen and oxygen atoms in total. The van der Waals surface area contributed by atoms with Crippen molar-refractivity contribution in [2.45, 2.75) is 6.92 Å². The summed E-state index contributed by atoms with van der Waals surface area (Å²) in [5, 5.41) is 2.94. The van der Waals surface area contributed by atoms with E-state index in [1.54, 1.807) is 0 Å². The number of anilines is 1. The van der Waals surface area contributed by atoms with Crippen LogP contribution in [0.2, 0.25) is 0 Å². The largest absolute Gasteiger partial charge is 0.379 e. The lowest BCUT2D eigenvalue weighted by Gasteiger charge is -2.25. The van der Waals surface area contributed by atoms with E-state index in [2.05, 4.69) is 26.1 Å². The van der Waals surface area contributed by atoms with Crippen molar-refractivity contribution in [3.63, 3.8) is 0 Å². The third-order valence-electron chi connectivity index (χ3n) is 2.93. The number of aryl methyl sites for hydroxylation is 1. The Balaban J connectivity index is 1.90. The van der Waals surface area contributed by atoms with Gasteiger partial charge in [0, 0.05) is 23.2 Å². The Morgan fingerprint density at radius 2 is 2.17 bits per heavy atom. The van der Waals surface area contributed by atoms with E-state index in [9.17, 15) is 4.79 Å². The standard InChI is InChI=1S/C13H17BrN2O2/c1-10-8-11(14)2-3-12(10)15-13(17)9-16-4-6-18-7-5-16/h2-3,8H,4-7,9H2,1H3,(H,15,17). The molecule has 0 aliphatic carbocycles. The molecule has 1 aliphatic heterocycles. The van der Waals surface area contributed by atoms with Crippen LogP contribution in [0.25, 0.3) is 0 Å². The van der Waals surface area contributed by atoms with E-state index in [0.717, 1.165) is 28.8 Å². The molecule has 18 heavy (non-hydrogen) atoms. The Bertz CT molecular complexity index is 431. The zero-order valence-electron chi connectivity index (χ0n) is 10.4. The lowest BCUT2D eigenvalue weighted by Crippen LogP contribution is -2.41. The quantitative estimate of drug-likeness (QED) is 0.928. The highest BCUT2D eigenvalue weighted by Gasteiger charge is 2.14. The van der Waals surface area contributed by atoms with Gasteiger partial charge in [-0.3, -0.25) is 9.69 Å². The monoisotopic (exact) mass is 312 g/mol. The van der Waals surface area contributed by atoms with Crippen molar-refractivity contribution in [2.24, 2.45) is 0 Å². The molecule has 5 heteroatoms. The molecule has 1 aromatic carbocycles. The fourth-order valence-electron chi connectivity index (χ4n) is 1.92. The highest BCUT2D eigenvalue weighted by atomic mass is 79.9. The minimum atomic E-state index is 0.0299. The lowest BCUT2D eigenvalue weighted by molar-refractivity contribution is -0.118. The molecule has 1 aliphatic rings. The number of halogens is 1. The Morgan fingerprint density at radius 1 is 1.44 bits per heavy atom. The molecule has 0 spiro atoms. The van der Waals surface area contributed by atoms with Gasteiger partial charge < -0.3 is 10.1 Å². The Kier molecular flexibility index (Phi) is 4.74. The van der Waals surface area contributed by atoms with Crippen molar-refractivity contribution in [3.05, 3.63) is 28.2 Å². The molecule has 1 aromatic rings. The maximum absolute atomic E-state index is 11.9. The smallest absolute Gasteiger partial charge is 0.238 e. The van der Waals surface area contributed by atoms with Crippen LogP contribution in [-0.4, -0.2) is 43.7 Å². The number of nitrogens with one attached hydrogen (secondary N) is 1. The van der Waals surface area contributed by atoms with Gasteiger partial charge in [0.25, 0.3) is 0 Å². The molecule has 0 bridgehead atoms. The predicted molar refractivity (Wildman–Crippen MR) is 74.8 cm³/mol. The third-order valence-corrected chi connectivity index (χ3v) is 3.43. The summed E-state index contributed by atoms with van der Waals surface area (Å²) in [6.07, 6.45) is 0. The molecule has 98 valence electrons. The van der Waals surface area contributed by atoms with E-state index in [0.29, 0.717) is 19.8 Å². The highest BCUT2D eigenvalue weighted by molar-refractivity contribution is 9.10. The second kappa shape index (κ2) is 6.31. The zero-order chi connectivity index (χ0) is 13.0. The van der Waals surface area contributed by atoms with Gasteiger partial charge in [-0.2, -0.15) is 0 Å². The third kappa shape index (κ3) is 3.80. The van der Waals surface area contributed by atoms with Crippen molar-refractivity contribution in [1.29, 1.82) is 0 Å². The Morgan fingerprint density at radius 3 is 2.83 bits per heavy atom. The summed E-state index contributed by atoms with van der Waals surface area (Å²) in [5.41, 5.74) is 1.93. The van der Waals surface area contributed by atoms with Gasteiger partial charge in [-0.25, -0.2) is 0 Å². The van der Waals surface area contributed by atoms with E-state index in [1.807, 2.05) is 25.1 Å². The number of rotatable bonds is 3. The van der Waals surface area contributed by atoms with Crippen molar-refractivity contribution in [3.8, 4) is 0 Å². The van der Waals surface area contributed by atoms with E-state index in [-0.39, 0.29) is 5.91 Å². The van der Waals surface area contributed by atoms with Crippen LogP contribution in [0.15, 0.2) is 22.7 Å². The fourth-order valence-corrected chi connectivity index (χ4v) is 2.39. The molecule has 0 atom stereocenters. The van der Waals surface area contributed by atoms with Gasteiger partial charge in [0.15, 0.2) is 0 Å². The summed E-state index contributed by atoms with van der Waals surface area (Å²) in [7, 11) is 0. The number of ether oxygens (including phenoxy) is 1. The van der Waals surface area contributed by atoms with Gasteiger partial charge in [-0.05, 0) is 30.7 Å². The molecule has 2 rings (SSSR count). The molecule has 0 saturated carbocycles.